The van der Waals surface area contributed by atoms with Crippen molar-refractivity contribution in [2.24, 2.45) is 5.73 Å². The average molecular weight is 354 g/mol. The summed E-state index contributed by atoms with van der Waals surface area (Å²) in [6.45, 7) is 2.94. The van der Waals surface area contributed by atoms with Gasteiger partial charge in [0.2, 0.25) is 0 Å². The second-order valence-corrected chi connectivity index (χ2v) is 7.34. The van der Waals surface area contributed by atoms with Crippen LogP contribution >= 0.6 is 27.3 Å². The van der Waals surface area contributed by atoms with Gasteiger partial charge in [0.15, 0.2) is 0 Å². The van der Waals surface area contributed by atoms with Crippen molar-refractivity contribution in [3.05, 3.63) is 50.6 Å². The molecule has 108 valence electrons. The summed E-state index contributed by atoms with van der Waals surface area (Å²) in [5, 5.41) is 0. The second-order valence-electron chi connectivity index (χ2n) is 4.79. The lowest BCUT2D eigenvalue weighted by atomic mass is 10.0. The van der Waals surface area contributed by atoms with Gasteiger partial charge < -0.3 is 10.5 Å². The first-order valence-electron chi connectivity index (χ1n) is 6.91. The summed E-state index contributed by atoms with van der Waals surface area (Å²) in [4.78, 5) is 1.30. The highest BCUT2D eigenvalue weighted by molar-refractivity contribution is 9.11. The van der Waals surface area contributed by atoms with Crippen molar-refractivity contribution >= 4 is 27.3 Å². The Morgan fingerprint density at radius 3 is 2.55 bits per heavy atom. The van der Waals surface area contributed by atoms with Gasteiger partial charge in [0.05, 0.1) is 10.4 Å². The molecule has 0 saturated carbocycles. The zero-order valence-electron chi connectivity index (χ0n) is 11.6. The molecule has 1 aromatic carbocycles. The van der Waals surface area contributed by atoms with E-state index in [9.17, 15) is 0 Å². The van der Waals surface area contributed by atoms with E-state index < -0.39 is 0 Å². The van der Waals surface area contributed by atoms with Gasteiger partial charge >= 0.3 is 0 Å². The zero-order valence-corrected chi connectivity index (χ0v) is 14.0. The van der Waals surface area contributed by atoms with Gasteiger partial charge in [0.1, 0.15) is 5.75 Å². The van der Waals surface area contributed by atoms with Gasteiger partial charge in [-0.1, -0.05) is 25.5 Å². The number of hydrogen-bond donors (Lipinski definition) is 1. The van der Waals surface area contributed by atoms with Gasteiger partial charge in [-0.15, -0.1) is 11.3 Å². The highest BCUT2D eigenvalue weighted by atomic mass is 79.9. The third-order valence-corrected chi connectivity index (χ3v) is 4.77. The van der Waals surface area contributed by atoms with E-state index in [0.717, 1.165) is 41.0 Å². The molecule has 4 heteroatoms. The zero-order chi connectivity index (χ0) is 14.4. The van der Waals surface area contributed by atoms with E-state index in [4.69, 9.17) is 10.5 Å². The smallest absolute Gasteiger partial charge is 0.119 e. The lowest BCUT2D eigenvalue weighted by molar-refractivity contribution is 0.309. The van der Waals surface area contributed by atoms with Gasteiger partial charge in [-0.3, -0.25) is 0 Å². The molecule has 1 unspecified atom stereocenters. The van der Waals surface area contributed by atoms with Crippen LogP contribution in [0.15, 0.2) is 40.2 Å². The Labute approximate surface area is 133 Å². The van der Waals surface area contributed by atoms with Crippen LogP contribution in [0.4, 0.5) is 0 Å². The predicted octanol–water partition coefficient (Wildman–Crippen LogP) is 4.93. The Hall–Kier alpha value is -0.840. The highest BCUT2D eigenvalue weighted by Gasteiger charge is 2.09. The third kappa shape index (κ3) is 4.62. The summed E-state index contributed by atoms with van der Waals surface area (Å²) in [5.74, 6) is 0.924. The number of unbranched alkanes of at least 4 members (excludes halogenated alkanes) is 1. The fraction of sp³-hybridized carbons (Fsp3) is 0.375. The Morgan fingerprint density at radius 1 is 1.20 bits per heavy atom. The van der Waals surface area contributed by atoms with E-state index in [1.807, 2.05) is 12.1 Å². The third-order valence-electron chi connectivity index (χ3n) is 3.12. The van der Waals surface area contributed by atoms with Crippen LogP contribution in [0.2, 0.25) is 0 Å². The van der Waals surface area contributed by atoms with Gasteiger partial charge in [-0.25, -0.2) is 0 Å². The van der Waals surface area contributed by atoms with Crippen LogP contribution in [0.1, 0.15) is 36.2 Å². The number of rotatable bonds is 7. The number of nitrogens with two attached hydrogens (primary N) is 1. The molecule has 0 amide bonds. The lowest BCUT2D eigenvalue weighted by Crippen LogP contribution is -2.12. The van der Waals surface area contributed by atoms with Crippen LogP contribution in [-0.2, 0) is 6.42 Å². The van der Waals surface area contributed by atoms with Crippen molar-refractivity contribution in [2.45, 2.75) is 32.2 Å². The predicted molar refractivity (Wildman–Crippen MR) is 89.5 cm³/mol. The Morgan fingerprint density at radius 2 is 1.95 bits per heavy atom. The van der Waals surface area contributed by atoms with Crippen molar-refractivity contribution in [3.63, 3.8) is 0 Å². The molecule has 0 aliphatic rings. The van der Waals surface area contributed by atoms with Crippen molar-refractivity contribution in [1.82, 2.24) is 0 Å². The molecule has 2 rings (SSSR count). The van der Waals surface area contributed by atoms with Crippen LogP contribution in [0.5, 0.6) is 5.75 Å². The highest BCUT2D eigenvalue weighted by Crippen LogP contribution is 2.26. The normalized spacial score (nSPS) is 12.3. The summed E-state index contributed by atoms with van der Waals surface area (Å²) in [6.07, 6.45) is 3.11. The standard InChI is InChI=1S/C16H20BrNOS/c1-2-3-10-19-13-6-4-12(5-7-13)15(18)11-14-8-9-16(17)20-14/h4-9,15H,2-3,10-11,18H2,1H3. The van der Waals surface area contributed by atoms with Crippen LogP contribution in [0.25, 0.3) is 0 Å². The topological polar surface area (TPSA) is 35.2 Å². The molecule has 0 aliphatic carbocycles. The van der Waals surface area contributed by atoms with Gasteiger partial charge in [0.25, 0.3) is 0 Å². The molecular formula is C16H20BrNOS. The fourth-order valence-electron chi connectivity index (χ4n) is 1.94. The van der Waals surface area contributed by atoms with Crippen LogP contribution in [0, 0.1) is 0 Å². The molecule has 2 aromatic rings. The molecule has 0 radical (unpaired) electrons. The SMILES string of the molecule is CCCCOc1ccc(C(N)Cc2ccc(Br)s2)cc1. The van der Waals surface area contributed by atoms with Gasteiger partial charge in [0, 0.05) is 17.3 Å². The molecule has 2 N–H and O–H groups in total. The van der Waals surface area contributed by atoms with E-state index in [0.29, 0.717) is 0 Å². The van der Waals surface area contributed by atoms with Gasteiger partial charge in [-0.2, -0.15) is 0 Å². The van der Waals surface area contributed by atoms with Crippen LogP contribution < -0.4 is 10.5 Å². The number of ether oxygens (including phenoxy) is 1. The lowest BCUT2D eigenvalue weighted by Gasteiger charge is -2.12. The first-order valence-corrected chi connectivity index (χ1v) is 8.52. The molecule has 0 saturated heterocycles. The molecule has 1 heterocycles. The maximum Gasteiger partial charge on any atom is 0.119 e. The van der Waals surface area contributed by atoms with Crippen molar-refractivity contribution < 1.29 is 4.74 Å². The molecule has 20 heavy (non-hydrogen) atoms. The number of hydrogen-bond acceptors (Lipinski definition) is 3. The second kappa shape index (κ2) is 7.81. The molecule has 0 aliphatic heterocycles. The van der Waals surface area contributed by atoms with E-state index in [1.54, 1.807) is 11.3 Å². The summed E-state index contributed by atoms with van der Waals surface area (Å²) in [6, 6.07) is 12.4. The van der Waals surface area contributed by atoms with E-state index in [-0.39, 0.29) is 6.04 Å². The Bertz CT molecular complexity index is 524. The molecule has 2 nitrogen and oxygen atoms in total. The molecular weight excluding hydrogens is 334 g/mol. The van der Waals surface area contributed by atoms with Crippen molar-refractivity contribution in [3.8, 4) is 5.75 Å². The molecule has 0 bridgehead atoms. The van der Waals surface area contributed by atoms with Crippen molar-refractivity contribution in [2.75, 3.05) is 6.61 Å². The quantitative estimate of drug-likeness (QED) is 0.716. The molecule has 0 spiro atoms. The fourth-order valence-corrected chi connectivity index (χ4v) is 3.48. The largest absolute Gasteiger partial charge is 0.494 e. The van der Waals surface area contributed by atoms with E-state index >= 15 is 0 Å². The van der Waals surface area contributed by atoms with E-state index in [1.165, 1.54) is 4.88 Å². The number of benzene rings is 1. The average Bonchev–Trinajstić information content (AvgIpc) is 2.85. The summed E-state index contributed by atoms with van der Waals surface area (Å²) < 4.78 is 6.81. The summed E-state index contributed by atoms with van der Waals surface area (Å²) in [5.41, 5.74) is 7.41. The summed E-state index contributed by atoms with van der Waals surface area (Å²) >= 11 is 5.22. The number of thiophene rings is 1. The minimum Gasteiger partial charge on any atom is -0.494 e. The monoisotopic (exact) mass is 353 g/mol. The van der Waals surface area contributed by atoms with Crippen LogP contribution in [-0.4, -0.2) is 6.61 Å². The maximum atomic E-state index is 6.26. The first kappa shape index (κ1) is 15.5. The van der Waals surface area contributed by atoms with Crippen LogP contribution in [0.3, 0.4) is 0 Å². The maximum absolute atomic E-state index is 6.26. The number of halogens is 1. The Balaban J connectivity index is 1.91. The van der Waals surface area contributed by atoms with Crippen molar-refractivity contribution in [1.29, 1.82) is 0 Å². The minimum absolute atomic E-state index is 0.0326. The Kier molecular flexibility index (Phi) is 6.07. The minimum atomic E-state index is 0.0326. The molecule has 1 atom stereocenters. The van der Waals surface area contributed by atoms with Gasteiger partial charge in [-0.05, 0) is 52.2 Å². The summed E-state index contributed by atoms with van der Waals surface area (Å²) in [7, 11) is 0. The van der Waals surface area contributed by atoms with E-state index in [2.05, 4.69) is 47.1 Å². The molecule has 1 aromatic heterocycles. The first-order chi connectivity index (χ1) is 9.69. The molecule has 0 fully saturated rings.